The van der Waals surface area contributed by atoms with Crippen molar-refractivity contribution in [1.29, 1.82) is 0 Å². The minimum atomic E-state index is -2.91. The normalized spacial score (nSPS) is 15.2. The summed E-state index contributed by atoms with van der Waals surface area (Å²) in [5.74, 6) is 0.859. The fraction of sp³-hybridized carbons (Fsp3) is 0.125. The molecule has 0 atom stereocenters. The largest absolute Gasteiger partial charge is 0.463 e. The van der Waals surface area contributed by atoms with Gasteiger partial charge in [-0.15, -0.1) is 0 Å². The number of halogens is 2. The van der Waals surface area contributed by atoms with Gasteiger partial charge in [0.05, 0.1) is 11.9 Å². The highest BCUT2D eigenvalue weighted by Crippen LogP contribution is 2.29. The number of hydrogen-bond donors (Lipinski definition) is 0. The van der Waals surface area contributed by atoms with Gasteiger partial charge in [-0.25, -0.2) is 4.68 Å². The summed E-state index contributed by atoms with van der Waals surface area (Å²) >= 11 is 0. The van der Waals surface area contributed by atoms with E-state index in [0.717, 1.165) is 18.4 Å². The Morgan fingerprint density at radius 2 is 1.94 bits per heavy atom. The van der Waals surface area contributed by atoms with Gasteiger partial charge in [0.25, 0.3) is 5.88 Å². The molecule has 3 heterocycles. The molecule has 0 N–H and O–H groups in total. The number of hydrogen-bond acceptors (Lipinski definition) is 6. The van der Waals surface area contributed by atoms with Gasteiger partial charge in [-0.3, -0.25) is 4.79 Å². The lowest BCUT2D eigenvalue weighted by molar-refractivity contribution is -0.0498. The second-order valence-electron chi connectivity index (χ2n) is 7.31. The van der Waals surface area contributed by atoms with E-state index in [0.29, 0.717) is 17.1 Å². The van der Waals surface area contributed by atoms with Crippen LogP contribution in [0.15, 0.2) is 95.7 Å². The Balaban J connectivity index is 1.44. The molecule has 0 fully saturated rings. The van der Waals surface area contributed by atoms with E-state index >= 15 is 0 Å². The highest BCUT2D eigenvalue weighted by atomic mass is 19.3. The molecule has 8 nitrogen and oxygen atoms in total. The van der Waals surface area contributed by atoms with Crippen LogP contribution in [0.4, 0.5) is 8.78 Å². The number of nitrogens with zero attached hydrogens (tertiary/aromatic N) is 4. The SMILES string of the molecule is O=c1ccn(-c2ccc(OC(F)F)cc2)nc1-c1ccnn1C1=COC=C(C2=CC=CCC2)O1. The third kappa shape index (κ3) is 4.38. The van der Waals surface area contributed by atoms with Crippen LogP contribution in [0.25, 0.3) is 23.0 Å². The molecular weight excluding hydrogens is 446 g/mol. The number of rotatable bonds is 6. The van der Waals surface area contributed by atoms with Gasteiger partial charge in [-0.1, -0.05) is 18.2 Å². The molecule has 2 aliphatic rings. The number of aromatic nitrogens is 4. The van der Waals surface area contributed by atoms with Crippen molar-refractivity contribution in [3.63, 3.8) is 0 Å². The quantitative estimate of drug-likeness (QED) is 0.530. The van der Waals surface area contributed by atoms with Gasteiger partial charge in [0.2, 0.25) is 5.43 Å². The maximum absolute atomic E-state index is 12.7. The summed E-state index contributed by atoms with van der Waals surface area (Å²) in [6.07, 6.45) is 13.6. The number of allylic oxidation sites excluding steroid dienone is 4. The van der Waals surface area contributed by atoms with E-state index in [1.807, 2.05) is 12.2 Å². The second-order valence-corrected chi connectivity index (χ2v) is 7.31. The lowest BCUT2D eigenvalue weighted by Gasteiger charge is -2.20. The molecule has 3 aromatic rings. The maximum atomic E-state index is 12.7. The van der Waals surface area contributed by atoms with Crippen molar-refractivity contribution in [1.82, 2.24) is 19.6 Å². The second kappa shape index (κ2) is 9.18. The van der Waals surface area contributed by atoms with Gasteiger partial charge in [-0.2, -0.15) is 23.7 Å². The maximum Gasteiger partial charge on any atom is 0.387 e. The van der Waals surface area contributed by atoms with Gasteiger partial charge in [0, 0.05) is 12.3 Å². The Kier molecular flexibility index (Phi) is 5.77. The Morgan fingerprint density at radius 3 is 2.71 bits per heavy atom. The first kappa shape index (κ1) is 21.4. The summed E-state index contributed by atoms with van der Waals surface area (Å²) in [5.41, 5.74) is 1.72. The van der Waals surface area contributed by atoms with Crippen molar-refractivity contribution in [2.75, 3.05) is 0 Å². The van der Waals surface area contributed by atoms with E-state index in [1.54, 1.807) is 18.2 Å². The van der Waals surface area contributed by atoms with Crippen LogP contribution in [0, 0.1) is 0 Å². The van der Waals surface area contributed by atoms with Crippen molar-refractivity contribution in [2.45, 2.75) is 19.5 Å². The average Bonchev–Trinajstić information content (AvgIpc) is 3.35. The molecule has 172 valence electrons. The molecule has 5 rings (SSSR count). The van der Waals surface area contributed by atoms with Crippen molar-refractivity contribution in [3.05, 3.63) is 101 Å². The lowest BCUT2D eigenvalue weighted by Crippen LogP contribution is -2.16. The van der Waals surface area contributed by atoms with Crippen molar-refractivity contribution >= 4 is 5.88 Å². The van der Waals surface area contributed by atoms with Gasteiger partial charge in [0.1, 0.15) is 17.7 Å². The van der Waals surface area contributed by atoms with E-state index in [1.165, 1.54) is 52.5 Å². The standard InChI is InChI=1S/C24H18F2N4O4/c25-24(26)33-18-8-6-17(7-9-18)29-13-11-20(31)23(28-29)19-10-12-27-30(19)22-15-32-14-21(34-22)16-4-2-1-3-5-16/h1-2,4,6-15,24H,3,5H2. The summed E-state index contributed by atoms with van der Waals surface area (Å²) in [7, 11) is 0. The topological polar surface area (TPSA) is 80.4 Å². The molecule has 0 amide bonds. The van der Waals surface area contributed by atoms with E-state index in [2.05, 4.69) is 21.0 Å². The van der Waals surface area contributed by atoms with Crippen LogP contribution in [0.5, 0.6) is 5.75 Å². The fourth-order valence-electron chi connectivity index (χ4n) is 3.52. The molecular formula is C24H18F2N4O4. The Morgan fingerprint density at radius 1 is 1.09 bits per heavy atom. The smallest absolute Gasteiger partial charge is 0.387 e. The first-order valence-electron chi connectivity index (χ1n) is 10.4. The summed E-state index contributed by atoms with van der Waals surface area (Å²) in [6.45, 7) is -2.91. The van der Waals surface area contributed by atoms with E-state index in [4.69, 9.17) is 9.47 Å². The van der Waals surface area contributed by atoms with Crippen LogP contribution in [0.2, 0.25) is 0 Å². The third-order valence-corrected chi connectivity index (χ3v) is 5.12. The van der Waals surface area contributed by atoms with Crippen LogP contribution in [-0.4, -0.2) is 26.2 Å². The Hall–Kier alpha value is -4.47. The first-order valence-corrected chi connectivity index (χ1v) is 10.4. The number of benzene rings is 1. The van der Waals surface area contributed by atoms with Crippen LogP contribution in [0.3, 0.4) is 0 Å². The molecule has 10 heteroatoms. The molecule has 0 bridgehead atoms. The summed E-state index contributed by atoms with van der Waals surface area (Å²) in [4.78, 5) is 12.7. The zero-order valence-electron chi connectivity index (χ0n) is 17.7. The van der Waals surface area contributed by atoms with E-state index < -0.39 is 6.61 Å². The summed E-state index contributed by atoms with van der Waals surface area (Å²) in [6, 6.07) is 8.90. The first-order chi connectivity index (χ1) is 16.6. The average molecular weight is 464 g/mol. The van der Waals surface area contributed by atoms with Crippen molar-refractivity contribution in [3.8, 4) is 22.8 Å². The van der Waals surface area contributed by atoms with E-state index in [9.17, 15) is 13.6 Å². The van der Waals surface area contributed by atoms with Crippen molar-refractivity contribution < 1.29 is 23.0 Å². The summed E-state index contributed by atoms with van der Waals surface area (Å²) < 4.78 is 43.6. The zero-order chi connectivity index (χ0) is 23.5. The molecule has 1 aliphatic carbocycles. The summed E-state index contributed by atoms with van der Waals surface area (Å²) in [5, 5.41) is 8.72. The molecule has 0 spiro atoms. The monoisotopic (exact) mass is 464 g/mol. The molecule has 34 heavy (non-hydrogen) atoms. The minimum absolute atomic E-state index is 0.0203. The zero-order valence-corrected chi connectivity index (χ0v) is 17.7. The molecule has 0 unspecified atom stereocenters. The number of ether oxygens (including phenoxy) is 3. The predicted molar refractivity (Wildman–Crippen MR) is 119 cm³/mol. The minimum Gasteiger partial charge on any atom is -0.463 e. The van der Waals surface area contributed by atoms with Crippen LogP contribution in [-0.2, 0) is 9.47 Å². The fourth-order valence-corrected chi connectivity index (χ4v) is 3.52. The van der Waals surface area contributed by atoms with Crippen LogP contribution >= 0.6 is 0 Å². The Bertz CT molecular complexity index is 1380. The van der Waals surface area contributed by atoms with Gasteiger partial charge in [0.15, 0.2) is 17.7 Å². The van der Waals surface area contributed by atoms with Gasteiger partial charge in [-0.05, 0) is 48.7 Å². The van der Waals surface area contributed by atoms with Gasteiger partial charge < -0.3 is 14.2 Å². The Labute approximate surface area is 192 Å². The van der Waals surface area contributed by atoms with Crippen LogP contribution in [0.1, 0.15) is 12.8 Å². The van der Waals surface area contributed by atoms with Crippen LogP contribution < -0.4 is 10.2 Å². The lowest BCUT2D eigenvalue weighted by atomic mass is 10.0. The molecule has 0 saturated carbocycles. The third-order valence-electron chi connectivity index (χ3n) is 5.12. The molecule has 0 radical (unpaired) electrons. The number of alkyl halides is 2. The van der Waals surface area contributed by atoms with Crippen molar-refractivity contribution in [2.24, 2.45) is 0 Å². The van der Waals surface area contributed by atoms with Gasteiger partial charge >= 0.3 is 6.61 Å². The highest BCUT2D eigenvalue weighted by Gasteiger charge is 2.21. The highest BCUT2D eigenvalue weighted by molar-refractivity contribution is 5.59. The molecule has 2 aromatic heterocycles. The van der Waals surface area contributed by atoms with E-state index in [-0.39, 0.29) is 22.8 Å². The molecule has 1 aliphatic heterocycles. The molecule has 1 aromatic carbocycles. The predicted octanol–water partition coefficient (Wildman–Crippen LogP) is 4.62. The molecule has 0 saturated heterocycles.